The highest BCUT2D eigenvalue weighted by atomic mass is 16.6. The van der Waals surface area contributed by atoms with Crippen LogP contribution in [0.5, 0.6) is 0 Å². The summed E-state index contributed by atoms with van der Waals surface area (Å²) in [5.74, 6) is 0. The van der Waals surface area contributed by atoms with Gasteiger partial charge in [0.05, 0.1) is 0 Å². The van der Waals surface area contributed by atoms with Gasteiger partial charge in [-0.3, -0.25) is 0 Å². The molecule has 100 valence electrons. The summed E-state index contributed by atoms with van der Waals surface area (Å²) in [5.41, 5.74) is 7.03. The van der Waals surface area contributed by atoms with Gasteiger partial charge in [-0.2, -0.15) is 5.10 Å². The van der Waals surface area contributed by atoms with E-state index < -0.39 is 6.09 Å². The summed E-state index contributed by atoms with van der Waals surface area (Å²) >= 11 is 0. The third-order valence-electron chi connectivity index (χ3n) is 3.05. The Bertz CT molecular complexity index is 683. The van der Waals surface area contributed by atoms with E-state index in [0.717, 1.165) is 22.3 Å². The van der Waals surface area contributed by atoms with Crippen LogP contribution in [0.1, 0.15) is 11.1 Å². The Morgan fingerprint density at radius 2 is 2.00 bits per heavy atom. The number of amides is 1. The number of rotatable bonds is 2. The van der Waals surface area contributed by atoms with Gasteiger partial charge < -0.3 is 4.74 Å². The monoisotopic (exact) mass is 268 g/mol. The molecule has 0 spiro atoms. The van der Waals surface area contributed by atoms with E-state index in [4.69, 9.17) is 4.74 Å². The molecule has 1 aliphatic heterocycles. The van der Waals surface area contributed by atoms with Crippen LogP contribution in [0.3, 0.4) is 0 Å². The van der Waals surface area contributed by atoms with E-state index >= 15 is 0 Å². The minimum Gasteiger partial charge on any atom is -0.442 e. The average Bonchev–Trinajstić information content (AvgIpc) is 2.49. The summed E-state index contributed by atoms with van der Waals surface area (Å²) in [6.07, 6.45) is 4.53. The molecule has 1 aromatic heterocycles. The number of hydrazone groups is 1. The molecule has 0 aliphatic carbocycles. The van der Waals surface area contributed by atoms with Crippen LogP contribution >= 0.6 is 0 Å². The van der Waals surface area contributed by atoms with Crippen molar-refractivity contribution in [3.63, 3.8) is 0 Å². The van der Waals surface area contributed by atoms with E-state index in [1.54, 1.807) is 12.4 Å². The van der Waals surface area contributed by atoms with Crippen molar-refractivity contribution in [3.8, 4) is 11.1 Å². The summed E-state index contributed by atoms with van der Waals surface area (Å²) < 4.78 is 4.90. The second kappa shape index (κ2) is 5.08. The molecule has 1 aliphatic rings. The van der Waals surface area contributed by atoms with Crippen molar-refractivity contribution in [1.82, 2.24) is 15.4 Å². The molecule has 3 rings (SSSR count). The lowest BCUT2D eigenvalue weighted by molar-refractivity contribution is 0.157. The molecule has 0 bridgehead atoms. The number of hydrogen-bond donors (Lipinski definition) is 1. The maximum atomic E-state index is 10.9. The van der Waals surface area contributed by atoms with Crippen LogP contribution in [0.15, 0.2) is 42.0 Å². The zero-order chi connectivity index (χ0) is 13.9. The molecule has 1 aromatic carbocycles. The minimum absolute atomic E-state index is 0.180. The zero-order valence-corrected chi connectivity index (χ0v) is 10.8. The second-order valence-electron chi connectivity index (χ2n) is 4.40. The standard InChI is InChI=1S/C14H12N4O2/c1-9-4-10(13-7-20-14(19)18-17-13)2-3-12(9)11-5-15-8-16-6-11/h2-6,8H,7H2,1H3,(H,18,19). The number of carbonyl (C=O) groups excluding carboxylic acids is 1. The van der Waals surface area contributed by atoms with Crippen LogP contribution in [-0.2, 0) is 4.74 Å². The molecule has 0 fully saturated rings. The van der Waals surface area contributed by atoms with Crippen molar-refractivity contribution in [1.29, 1.82) is 0 Å². The lowest BCUT2D eigenvalue weighted by Crippen LogP contribution is -2.30. The van der Waals surface area contributed by atoms with Gasteiger partial charge >= 0.3 is 6.09 Å². The molecule has 0 radical (unpaired) electrons. The molecule has 0 atom stereocenters. The Morgan fingerprint density at radius 3 is 2.65 bits per heavy atom. The van der Waals surface area contributed by atoms with Gasteiger partial charge in [0.2, 0.25) is 0 Å². The summed E-state index contributed by atoms with van der Waals surface area (Å²) in [4.78, 5) is 18.9. The average molecular weight is 268 g/mol. The third-order valence-corrected chi connectivity index (χ3v) is 3.05. The van der Waals surface area contributed by atoms with Gasteiger partial charge in [0.25, 0.3) is 0 Å². The summed E-state index contributed by atoms with van der Waals surface area (Å²) in [7, 11) is 0. The molecule has 0 saturated heterocycles. The normalized spacial score (nSPS) is 14.2. The molecule has 0 saturated carbocycles. The molecule has 1 amide bonds. The summed E-state index contributed by atoms with van der Waals surface area (Å²) in [5, 5.41) is 3.99. The number of benzene rings is 1. The summed E-state index contributed by atoms with van der Waals surface area (Å²) in [6.45, 7) is 2.19. The number of hydrogen-bond acceptors (Lipinski definition) is 5. The van der Waals surface area contributed by atoms with E-state index in [1.807, 2.05) is 25.1 Å². The van der Waals surface area contributed by atoms with Gasteiger partial charge in [0.15, 0.2) is 0 Å². The molecule has 2 heterocycles. The van der Waals surface area contributed by atoms with E-state index in [9.17, 15) is 4.79 Å². The van der Waals surface area contributed by atoms with Crippen LogP contribution in [0.4, 0.5) is 4.79 Å². The van der Waals surface area contributed by atoms with Gasteiger partial charge in [-0.15, -0.1) is 0 Å². The first-order valence-electron chi connectivity index (χ1n) is 6.10. The first kappa shape index (κ1) is 12.3. The highest BCUT2D eigenvalue weighted by Gasteiger charge is 2.14. The predicted molar refractivity (Wildman–Crippen MR) is 73.2 cm³/mol. The van der Waals surface area contributed by atoms with Crippen molar-refractivity contribution in [2.75, 3.05) is 6.61 Å². The highest BCUT2D eigenvalue weighted by Crippen LogP contribution is 2.23. The van der Waals surface area contributed by atoms with Crippen molar-refractivity contribution >= 4 is 11.8 Å². The van der Waals surface area contributed by atoms with Crippen molar-refractivity contribution in [2.24, 2.45) is 5.10 Å². The number of nitrogens with zero attached hydrogens (tertiary/aromatic N) is 3. The molecular formula is C14H12N4O2. The second-order valence-corrected chi connectivity index (χ2v) is 4.40. The fraction of sp³-hybridized carbons (Fsp3) is 0.143. The Morgan fingerprint density at radius 1 is 1.20 bits per heavy atom. The van der Waals surface area contributed by atoms with E-state index in [0.29, 0.717) is 5.71 Å². The van der Waals surface area contributed by atoms with Crippen LogP contribution in [-0.4, -0.2) is 28.4 Å². The molecule has 0 unspecified atom stereocenters. The van der Waals surface area contributed by atoms with Gasteiger partial charge in [-0.1, -0.05) is 12.1 Å². The number of nitrogens with one attached hydrogen (secondary N) is 1. The van der Waals surface area contributed by atoms with Crippen LogP contribution in [0, 0.1) is 6.92 Å². The number of ether oxygens (including phenoxy) is 1. The number of aryl methyl sites for hydroxylation is 1. The Labute approximate surface area is 115 Å². The molecule has 1 N–H and O–H groups in total. The Kier molecular flexibility index (Phi) is 3.12. The molecule has 6 heteroatoms. The van der Waals surface area contributed by atoms with Crippen molar-refractivity contribution in [3.05, 3.63) is 48.0 Å². The number of aromatic nitrogens is 2. The Hall–Kier alpha value is -2.76. The highest BCUT2D eigenvalue weighted by molar-refractivity contribution is 6.04. The van der Waals surface area contributed by atoms with Gasteiger partial charge in [-0.25, -0.2) is 20.2 Å². The Balaban J connectivity index is 1.94. The maximum Gasteiger partial charge on any atom is 0.428 e. The van der Waals surface area contributed by atoms with Crippen LogP contribution in [0.2, 0.25) is 0 Å². The fourth-order valence-electron chi connectivity index (χ4n) is 2.06. The summed E-state index contributed by atoms with van der Waals surface area (Å²) in [6, 6.07) is 5.93. The fourth-order valence-corrected chi connectivity index (χ4v) is 2.06. The SMILES string of the molecule is Cc1cc(C2=NNC(=O)OC2)ccc1-c1cncnc1. The van der Waals surface area contributed by atoms with Gasteiger partial charge in [0, 0.05) is 23.5 Å². The predicted octanol–water partition coefficient (Wildman–Crippen LogP) is 1.90. The number of cyclic esters (lactones) is 1. The van der Waals surface area contributed by atoms with E-state index in [-0.39, 0.29) is 6.61 Å². The topological polar surface area (TPSA) is 76.5 Å². The van der Waals surface area contributed by atoms with Gasteiger partial charge in [0.1, 0.15) is 18.6 Å². The minimum atomic E-state index is -0.525. The van der Waals surface area contributed by atoms with E-state index in [2.05, 4.69) is 20.5 Å². The van der Waals surface area contributed by atoms with Crippen LogP contribution < -0.4 is 5.43 Å². The van der Waals surface area contributed by atoms with E-state index in [1.165, 1.54) is 6.33 Å². The molecule has 20 heavy (non-hydrogen) atoms. The maximum absolute atomic E-state index is 10.9. The quantitative estimate of drug-likeness (QED) is 0.902. The first-order valence-corrected chi connectivity index (χ1v) is 6.10. The van der Waals surface area contributed by atoms with Crippen molar-refractivity contribution in [2.45, 2.75) is 6.92 Å². The van der Waals surface area contributed by atoms with Crippen LogP contribution in [0.25, 0.3) is 11.1 Å². The largest absolute Gasteiger partial charge is 0.442 e. The van der Waals surface area contributed by atoms with Gasteiger partial charge in [-0.05, 0) is 24.1 Å². The number of carbonyl (C=O) groups is 1. The third kappa shape index (κ3) is 2.35. The lowest BCUT2D eigenvalue weighted by Gasteiger charge is -2.14. The molecule has 2 aromatic rings. The zero-order valence-electron chi connectivity index (χ0n) is 10.8. The molecular weight excluding hydrogens is 256 g/mol. The smallest absolute Gasteiger partial charge is 0.428 e. The molecule has 6 nitrogen and oxygen atoms in total. The lowest BCUT2D eigenvalue weighted by atomic mass is 9.99. The first-order chi connectivity index (χ1) is 9.74. The van der Waals surface area contributed by atoms with Crippen molar-refractivity contribution < 1.29 is 9.53 Å².